The minimum Gasteiger partial charge on any atom is -0.465 e. The van der Waals surface area contributed by atoms with Crippen molar-refractivity contribution < 1.29 is 27.5 Å². The maximum atomic E-state index is 12.8. The zero-order valence-electron chi connectivity index (χ0n) is 13.1. The summed E-state index contributed by atoms with van der Waals surface area (Å²) < 4.78 is 36.4. The van der Waals surface area contributed by atoms with Gasteiger partial charge in [-0.3, -0.25) is 0 Å². The van der Waals surface area contributed by atoms with Gasteiger partial charge in [-0.15, -0.1) is 0 Å². The lowest BCUT2D eigenvalue weighted by Gasteiger charge is -2.32. The Morgan fingerprint density at radius 2 is 1.86 bits per heavy atom. The quantitative estimate of drug-likeness (QED) is 0.816. The molecule has 1 heterocycles. The van der Waals surface area contributed by atoms with Crippen molar-refractivity contribution in [1.82, 2.24) is 4.31 Å². The molecule has 0 bridgehead atoms. The molecular weight excluding hydrogens is 298 g/mol. The average molecular weight is 319 g/mol. The third-order valence-corrected chi connectivity index (χ3v) is 5.68. The van der Waals surface area contributed by atoms with Gasteiger partial charge in [0, 0.05) is 7.05 Å². The lowest BCUT2D eigenvalue weighted by molar-refractivity contribution is 0.0594. The number of nitrogens with zero attached hydrogens (tertiary/aromatic N) is 1. The number of esters is 1. The molecule has 0 unspecified atom stereocenters. The summed E-state index contributed by atoms with van der Waals surface area (Å²) in [6, 6.07) is 0. The van der Waals surface area contributed by atoms with E-state index < -0.39 is 21.5 Å². The zero-order chi connectivity index (χ0) is 16.6. The number of likely N-dealkylation sites (N-methyl/N-ethyl adjacent to an activating group) is 1. The molecule has 120 valence electrons. The number of rotatable bonds is 5. The first-order valence-electron chi connectivity index (χ1n) is 6.29. The predicted molar refractivity (Wildman–Crippen MR) is 75.6 cm³/mol. The van der Waals surface area contributed by atoms with Gasteiger partial charge in [0.2, 0.25) is 10.0 Å². The first-order chi connectivity index (χ1) is 9.50. The molecular formula is C13H21NO6S. The molecule has 0 atom stereocenters. The normalized spacial score (nSPS) is 12.8. The molecule has 0 saturated carbocycles. The summed E-state index contributed by atoms with van der Waals surface area (Å²) in [6.45, 7) is 5.74. The molecule has 0 radical (unpaired) electrons. The second-order valence-corrected chi connectivity index (χ2v) is 7.26. The van der Waals surface area contributed by atoms with Gasteiger partial charge in [0.25, 0.3) is 0 Å². The van der Waals surface area contributed by atoms with Gasteiger partial charge in [0.1, 0.15) is 22.0 Å². The number of hydrogen-bond acceptors (Lipinski definition) is 6. The van der Waals surface area contributed by atoms with Crippen molar-refractivity contribution in [3.63, 3.8) is 0 Å². The smallest absolute Gasteiger partial charge is 0.342 e. The molecule has 8 heteroatoms. The van der Waals surface area contributed by atoms with Crippen LogP contribution in [0.5, 0.6) is 0 Å². The average Bonchev–Trinajstić information content (AvgIpc) is 2.72. The van der Waals surface area contributed by atoms with E-state index in [4.69, 9.17) is 4.42 Å². The molecule has 21 heavy (non-hydrogen) atoms. The highest BCUT2D eigenvalue weighted by Gasteiger charge is 2.39. The number of methoxy groups -OCH3 is 1. The Morgan fingerprint density at radius 1 is 1.33 bits per heavy atom. The molecule has 0 spiro atoms. The van der Waals surface area contributed by atoms with Crippen LogP contribution in [-0.4, -0.2) is 50.1 Å². The predicted octanol–water partition coefficient (Wildman–Crippen LogP) is 1.07. The van der Waals surface area contributed by atoms with Gasteiger partial charge in [0.15, 0.2) is 0 Å². The number of sulfonamides is 1. The van der Waals surface area contributed by atoms with Crippen molar-refractivity contribution >= 4 is 16.0 Å². The number of aliphatic hydroxyl groups is 1. The topological polar surface area (TPSA) is 97.0 Å². The Labute approximate surface area is 124 Å². The number of carbonyl (C=O) groups excluding carboxylic acids is 1. The Morgan fingerprint density at radius 3 is 2.29 bits per heavy atom. The second-order valence-electron chi connectivity index (χ2n) is 5.35. The summed E-state index contributed by atoms with van der Waals surface area (Å²) in [5, 5.41) is 9.35. The van der Waals surface area contributed by atoms with Crippen molar-refractivity contribution in [2.24, 2.45) is 0 Å². The molecule has 0 aliphatic carbocycles. The van der Waals surface area contributed by atoms with Crippen molar-refractivity contribution in [3.05, 3.63) is 17.1 Å². The zero-order valence-corrected chi connectivity index (χ0v) is 13.9. The van der Waals surface area contributed by atoms with Crippen molar-refractivity contribution in [1.29, 1.82) is 0 Å². The highest BCUT2D eigenvalue weighted by atomic mass is 32.2. The first kappa shape index (κ1) is 17.7. The molecule has 0 saturated heterocycles. The van der Waals surface area contributed by atoms with Crippen molar-refractivity contribution in [3.8, 4) is 0 Å². The molecule has 1 aromatic heterocycles. The Balaban J connectivity index is 3.57. The van der Waals surface area contributed by atoms with Gasteiger partial charge in [-0.05, 0) is 27.7 Å². The molecule has 0 amide bonds. The van der Waals surface area contributed by atoms with Crippen molar-refractivity contribution in [2.45, 2.75) is 38.1 Å². The van der Waals surface area contributed by atoms with Crippen LogP contribution < -0.4 is 0 Å². The monoisotopic (exact) mass is 319 g/mol. The van der Waals surface area contributed by atoms with Crippen LogP contribution in [0.3, 0.4) is 0 Å². The molecule has 0 aliphatic rings. The Bertz CT molecular complexity index is 644. The minimum absolute atomic E-state index is 0.105. The van der Waals surface area contributed by atoms with E-state index in [0.29, 0.717) is 0 Å². The first-order valence-corrected chi connectivity index (χ1v) is 7.73. The summed E-state index contributed by atoms with van der Waals surface area (Å²) in [7, 11) is -1.52. The Hall–Kier alpha value is -1.38. The lowest BCUT2D eigenvalue weighted by Crippen LogP contribution is -2.47. The molecule has 1 N–H and O–H groups in total. The summed E-state index contributed by atoms with van der Waals surface area (Å²) in [6.07, 6.45) is 0. The Kier molecular flexibility index (Phi) is 4.87. The van der Waals surface area contributed by atoms with Crippen LogP contribution in [0.15, 0.2) is 9.31 Å². The van der Waals surface area contributed by atoms with E-state index in [1.807, 2.05) is 0 Å². The largest absolute Gasteiger partial charge is 0.465 e. The number of furan rings is 1. The lowest BCUT2D eigenvalue weighted by atomic mass is 10.1. The molecule has 1 rings (SSSR count). The van der Waals surface area contributed by atoms with E-state index in [0.717, 1.165) is 4.31 Å². The number of carbonyl (C=O) groups is 1. The third-order valence-electron chi connectivity index (χ3n) is 3.45. The summed E-state index contributed by atoms with van der Waals surface area (Å²) in [5.41, 5.74) is -1.14. The van der Waals surface area contributed by atoms with Crippen molar-refractivity contribution in [2.75, 3.05) is 20.8 Å². The molecule has 0 fully saturated rings. The maximum Gasteiger partial charge on any atom is 0.342 e. The van der Waals surface area contributed by atoms with E-state index >= 15 is 0 Å². The number of hydrogen-bond donors (Lipinski definition) is 1. The van der Waals surface area contributed by atoms with E-state index in [2.05, 4.69) is 4.74 Å². The summed E-state index contributed by atoms with van der Waals surface area (Å²) in [4.78, 5) is 11.6. The molecule has 0 aromatic carbocycles. The van der Waals surface area contributed by atoms with Gasteiger partial charge < -0.3 is 14.3 Å². The maximum absolute atomic E-state index is 12.8. The highest BCUT2D eigenvalue weighted by Crippen LogP contribution is 2.32. The van der Waals surface area contributed by atoms with Crippen LogP contribution in [0.4, 0.5) is 0 Å². The highest BCUT2D eigenvalue weighted by molar-refractivity contribution is 7.89. The number of ether oxygens (including phenoxy) is 1. The molecule has 7 nitrogen and oxygen atoms in total. The van der Waals surface area contributed by atoms with E-state index in [9.17, 15) is 18.3 Å². The molecule has 1 aromatic rings. The van der Waals surface area contributed by atoms with Crippen LogP contribution in [0, 0.1) is 13.8 Å². The van der Waals surface area contributed by atoms with Crippen LogP contribution >= 0.6 is 0 Å². The van der Waals surface area contributed by atoms with Crippen LogP contribution in [0.1, 0.15) is 35.7 Å². The second kappa shape index (κ2) is 5.78. The fraction of sp³-hybridized carbons (Fsp3) is 0.615. The van der Waals surface area contributed by atoms with E-state index in [1.165, 1.54) is 28.0 Å². The van der Waals surface area contributed by atoms with E-state index in [1.54, 1.807) is 13.8 Å². The van der Waals surface area contributed by atoms with Crippen LogP contribution in [0.25, 0.3) is 0 Å². The summed E-state index contributed by atoms with van der Waals surface area (Å²) >= 11 is 0. The van der Waals surface area contributed by atoms with Gasteiger partial charge >= 0.3 is 5.97 Å². The number of aryl methyl sites for hydroxylation is 2. The van der Waals surface area contributed by atoms with Crippen LogP contribution in [-0.2, 0) is 14.8 Å². The van der Waals surface area contributed by atoms with Crippen LogP contribution in [0.2, 0.25) is 0 Å². The standard InChI is InChI=1S/C13H21NO6S/c1-8-10(12(16)19-6)11(9(2)20-8)21(17,18)14(5)13(3,4)7-15/h15H,7H2,1-6H3. The fourth-order valence-corrected chi connectivity index (χ4v) is 3.75. The van der Waals surface area contributed by atoms with Gasteiger partial charge in [-0.2, -0.15) is 4.31 Å². The number of aliphatic hydroxyl groups excluding tert-OH is 1. The molecule has 0 aliphatic heterocycles. The van der Waals surface area contributed by atoms with Gasteiger partial charge in [-0.25, -0.2) is 13.2 Å². The van der Waals surface area contributed by atoms with Gasteiger partial charge in [-0.1, -0.05) is 0 Å². The summed E-state index contributed by atoms with van der Waals surface area (Å²) in [5.74, 6) is -0.500. The minimum atomic E-state index is -4.03. The van der Waals surface area contributed by atoms with E-state index in [-0.39, 0.29) is 28.6 Å². The third kappa shape index (κ3) is 2.97. The SMILES string of the molecule is COC(=O)c1c(C)oc(C)c1S(=O)(=O)N(C)C(C)(C)CO. The van der Waals surface area contributed by atoms with Gasteiger partial charge in [0.05, 0.1) is 19.3 Å². The fourth-order valence-electron chi connectivity index (χ4n) is 1.87.